The number of unbranched alkanes of at least 4 members (excludes halogenated alkanes) is 2. The zero-order valence-corrected chi connectivity index (χ0v) is 15.5. The number of fused-ring (bicyclic) bond motifs is 1. The Morgan fingerprint density at radius 2 is 2.04 bits per heavy atom. The first-order valence-corrected chi connectivity index (χ1v) is 8.85. The lowest BCUT2D eigenvalue weighted by Crippen LogP contribution is -2.33. The molecule has 2 rings (SSSR count). The minimum atomic E-state index is -0.600. The normalized spacial score (nSPS) is 19.3. The third kappa shape index (κ3) is 4.15. The van der Waals surface area contributed by atoms with Crippen LogP contribution in [-0.4, -0.2) is 29.4 Å². The first kappa shape index (κ1) is 19.3. The van der Waals surface area contributed by atoms with E-state index in [1.54, 1.807) is 0 Å². The van der Waals surface area contributed by atoms with E-state index in [1.807, 2.05) is 19.9 Å². The van der Waals surface area contributed by atoms with E-state index in [0.717, 1.165) is 24.8 Å². The lowest BCUT2D eigenvalue weighted by atomic mass is 9.89. The van der Waals surface area contributed by atoms with Crippen molar-refractivity contribution >= 4 is 5.97 Å². The fourth-order valence-corrected chi connectivity index (χ4v) is 3.21. The van der Waals surface area contributed by atoms with Crippen molar-refractivity contribution < 1.29 is 24.5 Å². The summed E-state index contributed by atoms with van der Waals surface area (Å²) in [6, 6.07) is 1.52. The van der Waals surface area contributed by atoms with Crippen LogP contribution in [0.2, 0.25) is 0 Å². The van der Waals surface area contributed by atoms with Gasteiger partial charge in [0, 0.05) is 18.2 Å². The average Bonchev–Trinajstić information content (AvgIpc) is 2.56. The van der Waals surface area contributed by atoms with Gasteiger partial charge in [0.05, 0.1) is 0 Å². The van der Waals surface area contributed by atoms with Gasteiger partial charge in [0.1, 0.15) is 29.3 Å². The second-order valence-electron chi connectivity index (χ2n) is 6.77. The fourth-order valence-electron chi connectivity index (χ4n) is 3.21. The highest BCUT2D eigenvalue weighted by Gasteiger charge is 2.40. The van der Waals surface area contributed by atoms with Gasteiger partial charge in [-0.25, -0.2) is 4.79 Å². The van der Waals surface area contributed by atoms with Crippen LogP contribution in [0, 0.1) is 0 Å². The van der Waals surface area contributed by atoms with Crippen molar-refractivity contribution in [2.75, 3.05) is 7.11 Å². The summed E-state index contributed by atoms with van der Waals surface area (Å²) in [5.41, 5.74) is 1.94. The highest BCUT2D eigenvalue weighted by molar-refractivity contribution is 5.97. The maximum Gasteiger partial charge on any atom is 0.342 e. The summed E-state index contributed by atoms with van der Waals surface area (Å²) in [7, 11) is 1.52. The van der Waals surface area contributed by atoms with Crippen LogP contribution < -0.4 is 0 Å². The molecule has 1 aliphatic rings. The molecule has 1 heterocycles. The number of ether oxygens (including phenoxy) is 2. The summed E-state index contributed by atoms with van der Waals surface area (Å²) >= 11 is 0. The Bertz CT molecular complexity index is 659. The van der Waals surface area contributed by atoms with Crippen molar-refractivity contribution in [3.63, 3.8) is 0 Å². The molecular formula is C20H28O5. The van der Waals surface area contributed by atoms with E-state index in [-0.39, 0.29) is 17.1 Å². The molecular weight excluding hydrogens is 320 g/mol. The maximum atomic E-state index is 12.5. The average molecular weight is 348 g/mol. The first-order valence-electron chi connectivity index (χ1n) is 8.85. The van der Waals surface area contributed by atoms with Gasteiger partial charge in [0.15, 0.2) is 0 Å². The minimum Gasteiger partial charge on any atom is -0.508 e. The van der Waals surface area contributed by atoms with Crippen molar-refractivity contribution in [2.45, 2.75) is 65.1 Å². The first-order chi connectivity index (χ1) is 11.9. The Kier molecular flexibility index (Phi) is 6.48. The van der Waals surface area contributed by atoms with Crippen molar-refractivity contribution in [1.82, 2.24) is 0 Å². The van der Waals surface area contributed by atoms with Gasteiger partial charge in [0.2, 0.25) is 0 Å². The van der Waals surface area contributed by atoms with Gasteiger partial charge in [0.25, 0.3) is 0 Å². The van der Waals surface area contributed by atoms with E-state index < -0.39 is 18.2 Å². The number of phenols is 2. The Morgan fingerprint density at radius 1 is 1.32 bits per heavy atom. The Hall–Kier alpha value is -2.01. The molecule has 5 heteroatoms. The molecule has 0 unspecified atom stereocenters. The van der Waals surface area contributed by atoms with E-state index >= 15 is 0 Å². The van der Waals surface area contributed by atoms with E-state index in [0.29, 0.717) is 24.0 Å². The zero-order chi connectivity index (χ0) is 18.6. The molecule has 138 valence electrons. The molecule has 1 aliphatic heterocycles. The van der Waals surface area contributed by atoms with Crippen molar-refractivity contribution in [3.8, 4) is 11.5 Å². The monoisotopic (exact) mass is 348 g/mol. The van der Waals surface area contributed by atoms with Crippen LogP contribution in [0.4, 0.5) is 0 Å². The highest BCUT2D eigenvalue weighted by atomic mass is 16.6. The van der Waals surface area contributed by atoms with Gasteiger partial charge < -0.3 is 19.7 Å². The van der Waals surface area contributed by atoms with Crippen LogP contribution in [0.5, 0.6) is 11.5 Å². The lowest BCUT2D eigenvalue weighted by Gasteiger charge is -2.33. The number of aromatic hydroxyl groups is 2. The Balaban J connectivity index is 2.43. The van der Waals surface area contributed by atoms with Crippen molar-refractivity contribution in [2.24, 2.45) is 0 Å². The number of rotatable bonds is 7. The van der Waals surface area contributed by atoms with Gasteiger partial charge in [-0.05, 0) is 39.2 Å². The minimum absolute atomic E-state index is 0.0238. The molecule has 1 aromatic carbocycles. The zero-order valence-electron chi connectivity index (χ0n) is 15.5. The van der Waals surface area contributed by atoms with Gasteiger partial charge in [-0.15, -0.1) is 0 Å². The molecule has 5 nitrogen and oxygen atoms in total. The number of cyclic esters (lactones) is 1. The van der Waals surface area contributed by atoms with Crippen LogP contribution in [0.3, 0.4) is 0 Å². The SMILES string of the molecule is CCCCC[C@@H]1OC(=O)c2c(O)c(CC=C(C)C)cc(O)c2[C@@H]1OC. The molecule has 2 N–H and O–H groups in total. The molecule has 0 saturated carbocycles. The molecule has 25 heavy (non-hydrogen) atoms. The maximum absolute atomic E-state index is 12.5. The number of hydrogen-bond donors (Lipinski definition) is 2. The fraction of sp³-hybridized carbons (Fsp3) is 0.550. The number of methoxy groups -OCH3 is 1. The number of esters is 1. The highest BCUT2D eigenvalue weighted by Crippen LogP contribution is 2.44. The smallest absolute Gasteiger partial charge is 0.342 e. The summed E-state index contributed by atoms with van der Waals surface area (Å²) < 4.78 is 11.1. The molecule has 0 radical (unpaired) electrons. The number of benzene rings is 1. The summed E-state index contributed by atoms with van der Waals surface area (Å²) in [6.45, 7) is 6.00. The molecule has 2 atom stereocenters. The summed E-state index contributed by atoms with van der Waals surface area (Å²) in [4.78, 5) is 12.5. The molecule has 0 fully saturated rings. The van der Waals surface area contributed by atoms with E-state index in [2.05, 4.69) is 6.92 Å². The summed E-state index contributed by atoms with van der Waals surface area (Å²) in [6.07, 6.45) is 5.01. The van der Waals surface area contributed by atoms with Crippen LogP contribution in [0.1, 0.15) is 74.0 Å². The topological polar surface area (TPSA) is 76.0 Å². The largest absolute Gasteiger partial charge is 0.508 e. The number of carbonyl (C=O) groups is 1. The lowest BCUT2D eigenvalue weighted by molar-refractivity contribution is -0.0515. The van der Waals surface area contributed by atoms with Crippen LogP contribution >= 0.6 is 0 Å². The Labute approximate surface area is 149 Å². The molecule has 0 saturated heterocycles. The summed E-state index contributed by atoms with van der Waals surface area (Å²) in [5.74, 6) is -0.769. The molecule has 1 aromatic rings. The quantitative estimate of drug-likeness (QED) is 0.330. The van der Waals surface area contributed by atoms with Crippen molar-refractivity contribution in [3.05, 3.63) is 34.4 Å². The molecule has 0 amide bonds. The van der Waals surface area contributed by atoms with E-state index in [9.17, 15) is 15.0 Å². The second-order valence-corrected chi connectivity index (χ2v) is 6.77. The van der Waals surface area contributed by atoms with Crippen molar-refractivity contribution in [1.29, 1.82) is 0 Å². The molecule has 0 spiro atoms. The molecule has 0 aliphatic carbocycles. The predicted molar refractivity (Wildman–Crippen MR) is 96.0 cm³/mol. The number of phenolic OH excluding ortho intramolecular Hbond substituents is 2. The van der Waals surface area contributed by atoms with Gasteiger partial charge in [-0.1, -0.05) is 31.4 Å². The third-order valence-corrected chi connectivity index (χ3v) is 4.56. The van der Waals surface area contributed by atoms with E-state index in [4.69, 9.17) is 9.47 Å². The van der Waals surface area contributed by atoms with Gasteiger partial charge >= 0.3 is 5.97 Å². The molecule has 0 aromatic heterocycles. The van der Waals surface area contributed by atoms with Gasteiger partial charge in [-0.3, -0.25) is 0 Å². The standard InChI is InChI=1S/C20H28O5/c1-5-6-7-8-15-19(24-4)16-14(21)11-13(10-9-12(2)3)18(22)17(16)20(23)25-15/h9,11,15,19,21-22H,5-8,10H2,1-4H3/t15-,19+/m0/s1. The number of hydrogen-bond acceptors (Lipinski definition) is 5. The van der Waals surface area contributed by atoms with Gasteiger partial charge in [-0.2, -0.15) is 0 Å². The predicted octanol–water partition coefficient (Wildman–Crippen LogP) is 4.41. The Morgan fingerprint density at radius 3 is 2.64 bits per heavy atom. The third-order valence-electron chi connectivity index (χ3n) is 4.56. The summed E-state index contributed by atoms with van der Waals surface area (Å²) in [5, 5.41) is 21.1. The second kappa shape index (κ2) is 8.39. The van der Waals surface area contributed by atoms with E-state index in [1.165, 1.54) is 13.2 Å². The molecule has 0 bridgehead atoms. The van der Waals surface area contributed by atoms with Crippen LogP contribution in [0.25, 0.3) is 0 Å². The number of carbonyl (C=O) groups excluding carboxylic acids is 1. The van der Waals surface area contributed by atoms with Crippen LogP contribution in [-0.2, 0) is 15.9 Å². The number of allylic oxidation sites excluding steroid dienone is 2. The van der Waals surface area contributed by atoms with Crippen LogP contribution in [0.15, 0.2) is 17.7 Å².